The Kier molecular flexibility index (Phi) is 8.68. The molecule has 0 aliphatic carbocycles. The number of anilines is 1. The van der Waals surface area contributed by atoms with Crippen LogP contribution in [-0.4, -0.2) is 77.6 Å². The smallest absolute Gasteiger partial charge is 0.246 e. The van der Waals surface area contributed by atoms with Crippen LogP contribution in [0.15, 0.2) is 23.1 Å². The van der Waals surface area contributed by atoms with E-state index in [1.807, 2.05) is 11.9 Å². The van der Waals surface area contributed by atoms with E-state index in [-0.39, 0.29) is 23.1 Å². The lowest BCUT2D eigenvalue weighted by atomic mass is 10.2. The standard InChI is InChI=1S/C19H31N3O5S/c1-21(10-7-13-26-2)15-19(23)20-16-8-9-17(27-3)18(14-16)28(24,25)22-11-5-4-6-12-22/h8-9,14H,4-7,10-13,15H2,1-3H3,(H,20,23). The minimum Gasteiger partial charge on any atom is -0.495 e. The van der Waals surface area contributed by atoms with Gasteiger partial charge in [0.05, 0.1) is 13.7 Å². The molecule has 28 heavy (non-hydrogen) atoms. The minimum atomic E-state index is -3.67. The van der Waals surface area contributed by atoms with E-state index < -0.39 is 10.0 Å². The molecule has 1 saturated heterocycles. The molecule has 1 aromatic rings. The predicted molar refractivity (Wildman–Crippen MR) is 108 cm³/mol. The highest BCUT2D eigenvalue weighted by atomic mass is 32.2. The van der Waals surface area contributed by atoms with Crippen molar-refractivity contribution in [2.75, 3.05) is 59.4 Å². The highest BCUT2D eigenvalue weighted by molar-refractivity contribution is 7.89. The van der Waals surface area contributed by atoms with Gasteiger partial charge in [0.2, 0.25) is 15.9 Å². The Hall–Kier alpha value is -1.68. The van der Waals surface area contributed by atoms with Crippen LogP contribution in [0.5, 0.6) is 5.75 Å². The van der Waals surface area contributed by atoms with Gasteiger partial charge in [-0.2, -0.15) is 4.31 Å². The highest BCUT2D eigenvalue weighted by Gasteiger charge is 2.29. The van der Waals surface area contributed by atoms with Crippen LogP contribution in [0.4, 0.5) is 5.69 Å². The van der Waals surface area contributed by atoms with E-state index in [9.17, 15) is 13.2 Å². The topological polar surface area (TPSA) is 88.2 Å². The van der Waals surface area contributed by atoms with Gasteiger partial charge in [-0.1, -0.05) is 6.42 Å². The van der Waals surface area contributed by atoms with Crippen molar-refractivity contribution >= 4 is 21.6 Å². The van der Waals surface area contributed by atoms with Crippen LogP contribution in [0, 0.1) is 0 Å². The number of amides is 1. The number of hydrogen-bond donors (Lipinski definition) is 1. The zero-order valence-electron chi connectivity index (χ0n) is 16.9. The van der Waals surface area contributed by atoms with Crippen molar-refractivity contribution in [1.29, 1.82) is 0 Å². The maximum Gasteiger partial charge on any atom is 0.246 e. The zero-order valence-corrected chi connectivity index (χ0v) is 17.8. The summed E-state index contributed by atoms with van der Waals surface area (Å²) < 4.78 is 37.8. The van der Waals surface area contributed by atoms with Gasteiger partial charge in [-0.3, -0.25) is 9.69 Å². The number of sulfonamides is 1. The van der Waals surface area contributed by atoms with Crippen molar-refractivity contribution in [3.8, 4) is 5.75 Å². The summed E-state index contributed by atoms with van der Waals surface area (Å²) in [5, 5.41) is 2.78. The number of hydrogen-bond acceptors (Lipinski definition) is 6. The molecule has 1 fully saturated rings. The van der Waals surface area contributed by atoms with Crippen LogP contribution >= 0.6 is 0 Å². The predicted octanol–water partition coefficient (Wildman–Crippen LogP) is 1.78. The van der Waals surface area contributed by atoms with Crippen molar-refractivity contribution in [3.05, 3.63) is 18.2 Å². The second-order valence-corrected chi connectivity index (χ2v) is 8.87. The minimum absolute atomic E-state index is 0.0862. The molecule has 1 heterocycles. The van der Waals surface area contributed by atoms with E-state index in [1.165, 1.54) is 17.5 Å². The first-order chi connectivity index (χ1) is 13.4. The van der Waals surface area contributed by atoms with Gasteiger partial charge in [-0.15, -0.1) is 0 Å². The molecule has 2 rings (SSSR count). The van der Waals surface area contributed by atoms with Gasteiger partial charge in [-0.05, 0) is 44.5 Å². The summed E-state index contributed by atoms with van der Waals surface area (Å²) in [6.45, 7) is 2.60. The Bertz CT molecular complexity index is 748. The summed E-state index contributed by atoms with van der Waals surface area (Å²) in [6, 6.07) is 4.71. The molecule has 0 saturated carbocycles. The van der Waals surface area contributed by atoms with Crippen molar-refractivity contribution in [2.45, 2.75) is 30.6 Å². The van der Waals surface area contributed by atoms with Crippen molar-refractivity contribution in [3.63, 3.8) is 0 Å². The number of rotatable bonds is 10. The third-order valence-corrected chi connectivity index (χ3v) is 6.60. The molecule has 0 spiro atoms. The number of nitrogens with zero attached hydrogens (tertiary/aromatic N) is 2. The van der Waals surface area contributed by atoms with Gasteiger partial charge in [0.1, 0.15) is 10.6 Å². The van der Waals surface area contributed by atoms with Gasteiger partial charge in [-0.25, -0.2) is 8.42 Å². The number of piperidine rings is 1. The summed E-state index contributed by atoms with van der Waals surface area (Å²) >= 11 is 0. The molecule has 158 valence electrons. The lowest BCUT2D eigenvalue weighted by Crippen LogP contribution is -2.36. The maximum absolute atomic E-state index is 13.0. The molecular weight excluding hydrogens is 382 g/mol. The molecule has 0 aromatic heterocycles. The number of carbonyl (C=O) groups is 1. The van der Waals surface area contributed by atoms with Gasteiger partial charge in [0, 0.05) is 39.0 Å². The molecule has 0 bridgehead atoms. The van der Waals surface area contributed by atoms with Crippen molar-refractivity contribution < 1.29 is 22.7 Å². The molecule has 9 heteroatoms. The van der Waals surface area contributed by atoms with E-state index in [2.05, 4.69) is 5.32 Å². The molecule has 0 atom stereocenters. The van der Waals surface area contributed by atoms with E-state index in [1.54, 1.807) is 19.2 Å². The van der Waals surface area contributed by atoms with Crippen LogP contribution in [-0.2, 0) is 19.6 Å². The SMILES string of the molecule is COCCCN(C)CC(=O)Nc1ccc(OC)c(S(=O)(=O)N2CCCCC2)c1. The second kappa shape index (κ2) is 10.8. The Morgan fingerprint density at radius 3 is 2.57 bits per heavy atom. The molecule has 0 unspecified atom stereocenters. The van der Waals surface area contributed by atoms with Gasteiger partial charge in [0.25, 0.3) is 0 Å². The molecule has 1 amide bonds. The van der Waals surface area contributed by atoms with Crippen LogP contribution in [0.2, 0.25) is 0 Å². The normalized spacial score (nSPS) is 15.6. The molecule has 1 aromatic carbocycles. The van der Waals surface area contributed by atoms with E-state index in [0.717, 1.165) is 32.2 Å². The number of carbonyl (C=O) groups excluding carboxylic acids is 1. The Morgan fingerprint density at radius 2 is 1.93 bits per heavy atom. The van der Waals surface area contributed by atoms with Crippen LogP contribution in [0.1, 0.15) is 25.7 Å². The van der Waals surface area contributed by atoms with Crippen molar-refractivity contribution in [1.82, 2.24) is 9.21 Å². The lowest BCUT2D eigenvalue weighted by molar-refractivity contribution is -0.117. The average molecular weight is 414 g/mol. The number of ether oxygens (including phenoxy) is 2. The molecular formula is C19H31N3O5S. The monoisotopic (exact) mass is 413 g/mol. The fraction of sp³-hybridized carbons (Fsp3) is 0.632. The fourth-order valence-electron chi connectivity index (χ4n) is 3.20. The summed E-state index contributed by atoms with van der Waals surface area (Å²) in [7, 11) is 1.28. The Morgan fingerprint density at radius 1 is 1.21 bits per heavy atom. The van der Waals surface area contributed by atoms with Crippen LogP contribution in [0.25, 0.3) is 0 Å². The number of likely N-dealkylation sites (N-methyl/N-ethyl adjacent to an activating group) is 1. The van der Waals surface area contributed by atoms with Gasteiger partial charge < -0.3 is 14.8 Å². The fourth-order valence-corrected chi connectivity index (χ4v) is 4.90. The first kappa shape index (κ1) is 22.6. The number of nitrogens with one attached hydrogen (secondary N) is 1. The quantitative estimate of drug-likeness (QED) is 0.588. The third-order valence-electron chi connectivity index (χ3n) is 4.68. The molecule has 1 aliphatic rings. The lowest BCUT2D eigenvalue weighted by Gasteiger charge is -2.26. The van der Waals surface area contributed by atoms with Crippen LogP contribution < -0.4 is 10.1 Å². The Balaban J connectivity index is 2.10. The first-order valence-corrected chi connectivity index (χ1v) is 11.0. The van der Waals surface area contributed by atoms with E-state index in [4.69, 9.17) is 9.47 Å². The van der Waals surface area contributed by atoms with Crippen molar-refractivity contribution in [2.24, 2.45) is 0 Å². The second-order valence-electron chi connectivity index (χ2n) is 6.96. The first-order valence-electron chi connectivity index (χ1n) is 9.54. The molecule has 1 N–H and O–H groups in total. The Labute approximate surface area is 167 Å². The summed E-state index contributed by atoms with van der Waals surface area (Å²) in [4.78, 5) is 14.3. The van der Waals surface area contributed by atoms with E-state index >= 15 is 0 Å². The summed E-state index contributed by atoms with van der Waals surface area (Å²) in [5.74, 6) is 0.0756. The number of methoxy groups -OCH3 is 2. The van der Waals surface area contributed by atoms with E-state index in [0.29, 0.717) is 25.4 Å². The number of benzene rings is 1. The van der Waals surface area contributed by atoms with Crippen LogP contribution in [0.3, 0.4) is 0 Å². The van der Waals surface area contributed by atoms with Gasteiger partial charge in [0.15, 0.2) is 0 Å². The zero-order chi connectivity index (χ0) is 20.6. The third kappa shape index (κ3) is 6.16. The summed E-state index contributed by atoms with van der Waals surface area (Å²) in [5.41, 5.74) is 0.437. The summed E-state index contributed by atoms with van der Waals surface area (Å²) in [6.07, 6.45) is 3.58. The highest BCUT2D eigenvalue weighted by Crippen LogP contribution is 2.31. The maximum atomic E-state index is 13.0. The average Bonchev–Trinajstić information content (AvgIpc) is 2.68. The largest absolute Gasteiger partial charge is 0.495 e. The van der Waals surface area contributed by atoms with Gasteiger partial charge >= 0.3 is 0 Å². The molecule has 8 nitrogen and oxygen atoms in total. The molecule has 0 radical (unpaired) electrons. The molecule has 1 aliphatic heterocycles.